The molecule has 94 valence electrons. The van der Waals surface area contributed by atoms with Crippen LogP contribution in [-0.4, -0.2) is 42.0 Å². The highest BCUT2D eigenvalue weighted by atomic mass is 32.1. The summed E-state index contributed by atoms with van der Waals surface area (Å²) in [5, 5.41) is 3.35. The number of nitrogens with one attached hydrogen (secondary N) is 1. The molecular formula is C12H19N3OS. The Kier molecular flexibility index (Phi) is 4.50. The average molecular weight is 253 g/mol. The third-order valence-corrected chi connectivity index (χ3v) is 4.01. The lowest BCUT2D eigenvalue weighted by molar-refractivity contribution is 0.0731. The lowest BCUT2D eigenvalue weighted by atomic mass is 9.97. The van der Waals surface area contributed by atoms with Crippen LogP contribution in [0.3, 0.4) is 0 Å². The minimum Gasteiger partial charge on any atom is -0.338 e. The average Bonchev–Trinajstić information content (AvgIpc) is 2.90. The highest BCUT2D eigenvalue weighted by molar-refractivity contribution is 7.11. The molecule has 2 rings (SSSR count). The maximum atomic E-state index is 12.2. The Morgan fingerprint density at radius 2 is 2.35 bits per heavy atom. The molecule has 0 aliphatic carbocycles. The van der Waals surface area contributed by atoms with Crippen LogP contribution in [-0.2, 0) is 0 Å². The Bertz CT molecular complexity index is 347. The van der Waals surface area contributed by atoms with Gasteiger partial charge in [0.05, 0.1) is 11.7 Å². The molecule has 4 nitrogen and oxygen atoms in total. The van der Waals surface area contributed by atoms with Crippen molar-refractivity contribution in [2.45, 2.75) is 19.8 Å². The number of amides is 1. The monoisotopic (exact) mass is 253 g/mol. The molecule has 2 heterocycles. The standard InChI is InChI=1S/C12H19N3OS/c1-2-15(8-10-3-5-13-6-4-10)12(16)11-7-14-9-17-11/h7,9-10,13H,2-6,8H2,1H3. The highest BCUT2D eigenvalue weighted by Gasteiger charge is 2.21. The summed E-state index contributed by atoms with van der Waals surface area (Å²) in [5.41, 5.74) is 1.71. The van der Waals surface area contributed by atoms with Crippen LogP contribution in [0.2, 0.25) is 0 Å². The van der Waals surface area contributed by atoms with E-state index in [0.717, 1.165) is 31.1 Å². The van der Waals surface area contributed by atoms with Gasteiger partial charge in [0.2, 0.25) is 0 Å². The van der Waals surface area contributed by atoms with E-state index >= 15 is 0 Å². The molecular weight excluding hydrogens is 234 g/mol. The molecule has 1 aromatic heterocycles. The fourth-order valence-corrected chi connectivity index (χ4v) is 2.80. The smallest absolute Gasteiger partial charge is 0.265 e. The van der Waals surface area contributed by atoms with Gasteiger partial charge in [-0.1, -0.05) is 0 Å². The van der Waals surface area contributed by atoms with Gasteiger partial charge in [0.25, 0.3) is 5.91 Å². The maximum Gasteiger partial charge on any atom is 0.265 e. The normalized spacial score (nSPS) is 17.0. The van der Waals surface area contributed by atoms with Gasteiger partial charge in [-0.25, -0.2) is 0 Å². The summed E-state index contributed by atoms with van der Waals surface area (Å²) in [7, 11) is 0. The van der Waals surface area contributed by atoms with E-state index in [1.807, 2.05) is 11.8 Å². The third-order valence-electron chi connectivity index (χ3n) is 3.25. The Hall–Kier alpha value is -0.940. The Morgan fingerprint density at radius 3 is 2.94 bits per heavy atom. The number of carbonyl (C=O) groups is 1. The van der Waals surface area contributed by atoms with Crippen molar-refractivity contribution in [1.82, 2.24) is 15.2 Å². The van der Waals surface area contributed by atoms with E-state index in [1.165, 1.54) is 24.2 Å². The molecule has 5 heteroatoms. The predicted molar refractivity (Wildman–Crippen MR) is 69.3 cm³/mol. The fraction of sp³-hybridized carbons (Fsp3) is 0.667. The molecule has 1 aliphatic heterocycles. The summed E-state index contributed by atoms with van der Waals surface area (Å²) in [4.78, 5) is 18.9. The lowest BCUT2D eigenvalue weighted by Crippen LogP contribution is -2.39. The van der Waals surface area contributed by atoms with Gasteiger partial charge in [0.15, 0.2) is 0 Å². The SMILES string of the molecule is CCN(CC1CCNCC1)C(=O)c1cncs1. The first-order valence-corrected chi connectivity index (χ1v) is 7.07. The zero-order valence-electron chi connectivity index (χ0n) is 10.2. The summed E-state index contributed by atoms with van der Waals surface area (Å²) >= 11 is 1.42. The largest absolute Gasteiger partial charge is 0.338 e. The summed E-state index contributed by atoms with van der Waals surface area (Å²) in [6, 6.07) is 0. The second kappa shape index (κ2) is 6.12. The molecule has 1 aliphatic rings. The van der Waals surface area contributed by atoms with Crippen LogP contribution >= 0.6 is 11.3 Å². The molecule has 0 atom stereocenters. The first kappa shape index (κ1) is 12.5. The Balaban J connectivity index is 1.93. The van der Waals surface area contributed by atoms with Crippen molar-refractivity contribution in [3.8, 4) is 0 Å². The molecule has 17 heavy (non-hydrogen) atoms. The van der Waals surface area contributed by atoms with Crippen molar-refractivity contribution in [3.05, 3.63) is 16.6 Å². The van der Waals surface area contributed by atoms with Gasteiger partial charge in [-0.15, -0.1) is 11.3 Å². The van der Waals surface area contributed by atoms with Crippen molar-refractivity contribution in [3.63, 3.8) is 0 Å². The molecule has 0 bridgehead atoms. The number of thiazole rings is 1. The van der Waals surface area contributed by atoms with Gasteiger partial charge < -0.3 is 10.2 Å². The summed E-state index contributed by atoms with van der Waals surface area (Å²) in [6.07, 6.45) is 4.01. The van der Waals surface area contributed by atoms with Crippen LogP contribution in [0, 0.1) is 5.92 Å². The van der Waals surface area contributed by atoms with E-state index in [2.05, 4.69) is 10.3 Å². The number of hydrogen-bond donors (Lipinski definition) is 1. The number of rotatable bonds is 4. The molecule has 0 spiro atoms. The number of aromatic nitrogens is 1. The molecule has 0 saturated carbocycles. The van der Waals surface area contributed by atoms with Crippen LogP contribution in [0.4, 0.5) is 0 Å². The van der Waals surface area contributed by atoms with Gasteiger partial charge in [0.1, 0.15) is 4.88 Å². The zero-order chi connectivity index (χ0) is 12.1. The number of piperidine rings is 1. The third kappa shape index (κ3) is 3.26. The maximum absolute atomic E-state index is 12.2. The van der Waals surface area contributed by atoms with Crippen molar-refractivity contribution in [1.29, 1.82) is 0 Å². The number of carbonyl (C=O) groups excluding carboxylic acids is 1. The van der Waals surface area contributed by atoms with Gasteiger partial charge in [-0.05, 0) is 38.8 Å². The summed E-state index contributed by atoms with van der Waals surface area (Å²) in [6.45, 7) is 5.86. The van der Waals surface area contributed by atoms with Crippen LogP contribution < -0.4 is 5.32 Å². The van der Waals surface area contributed by atoms with Crippen LogP contribution in [0.25, 0.3) is 0 Å². The van der Waals surface area contributed by atoms with E-state index < -0.39 is 0 Å². The van der Waals surface area contributed by atoms with Crippen LogP contribution in [0.15, 0.2) is 11.7 Å². The first-order chi connectivity index (χ1) is 8.31. The first-order valence-electron chi connectivity index (χ1n) is 6.19. The molecule has 0 unspecified atom stereocenters. The molecule has 1 fully saturated rings. The van der Waals surface area contributed by atoms with Gasteiger partial charge >= 0.3 is 0 Å². The van der Waals surface area contributed by atoms with Crippen molar-refractivity contribution >= 4 is 17.2 Å². The van der Waals surface area contributed by atoms with Gasteiger partial charge in [0, 0.05) is 13.1 Å². The number of hydrogen-bond acceptors (Lipinski definition) is 4. The molecule has 0 radical (unpaired) electrons. The van der Waals surface area contributed by atoms with Crippen molar-refractivity contribution in [2.75, 3.05) is 26.2 Å². The van der Waals surface area contributed by atoms with E-state index in [4.69, 9.17) is 0 Å². The summed E-state index contributed by atoms with van der Waals surface area (Å²) < 4.78 is 0. The zero-order valence-corrected chi connectivity index (χ0v) is 11.0. The second-order valence-electron chi connectivity index (χ2n) is 4.40. The second-order valence-corrected chi connectivity index (χ2v) is 5.29. The van der Waals surface area contributed by atoms with Gasteiger partial charge in [-0.3, -0.25) is 9.78 Å². The van der Waals surface area contributed by atoms with Crippen molar-refractivity contribution in [2.24, 2.45) is 5.92 Å². The molecule has 0 aromatic carbocycles. The van der Waals surface area contributed by atoms with E-state index in [9.17, 15) is 4.79 Å². The van der Waals surface area contributed by atoms with Crippen molar-refractivity contribution < 1.29 is 4.79 Å². The summed E-state index contributed by atoms with van der Waals surface area (Å²) in [5.74, 6) is 0.779. The lowest BCUT2D eigenvalue weighted by Gasteiger charge is -2.29. The van der Waals surface area contributed by atoms with E-state index in [0.29, 0.717) is 5.92 Å². The fourth-order valence-electron chi connectivity index (χ4n) is 2.21. The Labute approximate surface area is 106 Å². The van der Waals surface area contributed by atoms with E-state index in [1.54, 1.807) is 11.7 Å². The van der Waals surface area contributed by atoms with E-state index in [-0.39, 0.29) is 5.91 Å². The topological polar surface area (TPSA) is 45.2 Å². The number of nitrogens with zero attached hydrogens (tertiary/aromatic N) is 2. The van der Waals surface area contributed by atoms with Gasteiger partial charge in [-0.2, -0.15) is 0 Å². The molecule has 1 N–H and O–H groups in total. The van der Waals surface area contributed by atoms with Crippen LogP contribution in [0.1, 0.15) is 29.4 Å². The molecule has 1 amide bonds. The quantitative estimate of drug-likeness (QED) is 0.886. The molecule has 1 aromatic rings. The highest BCUT2D eigenvalue weighted by Crippen LogP contribution is 2.16. The molecule has 1 saturated heterocycles. The minimum absolute atomic E-state index is 0.133. The Morgan fingerprint density at radius 1 is 1.59 bits per heavy atom. The minimum atomic E-state index is 0.133. The van der Waals surface area contributed by atoms with Crippen LogP contribution in [0.5, 0.6) is 0 Å². The predicted octanol–water partition coefficient (Wildman–Crippen LogP) is 1.60.